The van der Waals surface area contributed by atoms with Crippen LogP contribution in [0.3, 0.4) is 0 Å². The first-order chi connectivity index (χ1) is 12.2. The molecule has 0 heterocycles. The second-order valence-electron chi connectivity index (χ2n) is 5.42. The Morgan fingerprint density at radius 3 is 1.38 bits per heavy atom. The summed E-state index contributed by atoms with van der Waals surface area (Å²) in [5, 5.41) is 0.268. The number of carbonyl (C=O) groups is 3. The summed E-state index contributed by atoms with van der Waals surface area (Å²) >= 11 is 0. The van der Waals surface area contributed by atoms with Gasteiger partial charge >= 0.3 is 8.80 Å². The summed E-state index contributed by atoms with van der Waals surface area (Å²) in [5.74, 6) is -2.60. The average molecular weight is 376 g/mol. The summed E-state index contributed by atoms with van der Waals surface area (Å²) in [6.45, 7) is 3.38. The summed E-state index contributed by atoms with van der Waals surface area (Å²) in [6.07, 6.45) is 0. The largest absolute Gasteiger partial charge is 0.742 e. The average Bonchev–Trinajstić information content (AvgIpc) is 2.53. The second-order valence-corrected chi connectivity index (χ2v) is 7.72. The van der Waals surface area contributed by atoms with E-state index in [0.717, 1.165) is 31.9 Å². The monoisotopic (exact) mass is 376 g/mol. The molecule has 0 aliphatic carbocycles. The third kappa shape index (κ3) is 4.76. The van der Waals surface area contributed by atoms with Crippen LogP contribution in [-0.4, -0.2) is 26.7 Å². The fourth-order valence-corrected chi connectivity index (χ4v) is 4.50. The zero-order chi connectivity index (χ0) is 19.3. The van der Waals surface area contributed by atoms with Crippen LogP contribution < -0.4 is 5.19 Å². The second kappa shape index (κ2) is 7.92. The van der Waals surface area contributed by atoms with Crippen molar-refractivity contribution in [1.29, 1.82) is 0 Å². The molecule has 0 spiro atoms. The molecule has 0 fully saturated rings. The predicted molar refractivity (Wildman–Crippen MR) is 92.5 cm³/mol. The lowest BCUT2D eigenvalue weighted by Gasteiger charge is -2.26. The minimum Gasteiger partial charge on any atom is -0.452 e. The summed E-state index contributed by atoms with van der Waals surface area (Å²) < 4.78 is 28.6. The van der Waals surface area contributed by atoms with E-state index in [1.54, 1.807) is 36.4 Å². The summed E-state index contributed by atoms with van der Waals surface area (Å²) in [6, 6.07) is 12.3. The van der Waals surface area contributed by atoms with Crippen molar-refractivity contribution in [2.24, 2.45) is 0 Å². The lowest BCUT2D eigenvalue weighted by Crippen LogP contribution is -2.59. The van der Waals surface area contributed by atoms with Gasteiger partial charge < -0.3 is 13.3 Å². The molecule has 2 rings (SSSR count). The van der Waals surface area contributed by atoms with E-state index >= 15 is 0 Å². The molecule has 0 aromatic heterocycles. The molecule has 0 aliphatic rings. The Kier molecular flexibility index (Phi) is 5.88. The molecule has 0 unspecified atom stereocenters. The van der Waals surface area contributed by atoms with Gasteiger partial charge in [-0.1, -0.05) is 36.4 Å². The molecular formula is C18H17FO6Si. The van der Waals surface area contributed by atoms with Gasteiger partial charge in [0.2, 0.25) is 0 Å². The first kappa shape index (κ1) is 19.3. The Bertz CT molecular complexity index is 776. The van der Waals surface area contributed by atoms with E-state index in [9.17, 15) is 18.8 Å². The normalized spacial score (nSPS) is 10.8. The van der Waals surface area contributed by atoms with Crippen molar-refractivity contribution in [3.05, 3.63) is 54.3 Å². The maximum atomic E-state index is 13.0. The Labute approximate surface area is 150 Å². The molecule has 0 amide bonds. The van der Waals surface area contributed by atoms with E-state index in [2.05, 4.69) is 0 Å². The molecule has 0 aliphatic heterocycles. The molecule has 8 heteroatoms. The SMILES string of the molecule is CC(=O)O[Si](OC(C)=O)(OC(C)=O)c1ccc(-c2ccc(F)cc2)cc1. The maximum absolute atomic E-state index is 13.0. The standard InChI is InChI=1S/C18H17FO6Si/c1-12(20)23-26(24-13(2)21,25-14(3)22)18-10-6-16(7-11-18)15-4-8-17(19)9-5-15/h4-11H,1-3H3. The third-order valence-corrected chi connectivity index (χ3v) is 5.96. The fraction of sp³-hybridized carbons (Fsp3) is 0.167. The van der Waals surface area contributed by atoms with E-state index in [-0.39, 0.29) is 11.0 Å². The molecule has 2 aromatic carbocycles. The highest BCUT2D eigenvalue weighted by Gasteiger charge is 2.54. The first-order valence-corrected chi connectivity index (χ1v) is 9.39. The van der Waals surface area contributed by atoms with E-state index in [1.807, 2.05) is 0 Å². The molecular weight excluding hydrogens is 359 g/mol. The van der Waals surface area contributed by atoms with Crippen LogP contribution in [0, 0.1) is 5.82 Å². The minimum absolute atomic E-state index is 0.268. The molecule has 26 heavy (non-hydrogen) atoms. The van der Waals surface area contributed by atoms with Gasteiger partial charge in [0.1, 0.15) is 5.82 Å². The Morgan fingerprint density at radius 1 is 0.692 bits per heavy atom. The smallest absolute Gasteiger partial charge is 0.452 e. The molecule has 2 aromatic rings. The van der Waals surface area contributed by atoms with E-state index < -0.39 is 26.7 Å². The van der Waals surface area contributed by atoms with Crippen LogP contribution in [0.4, 0.5) is 4.39 Å². The van der Waals surface area contributed by atoms with Gasteiger partial charge in [-0.3, -0.25) is 14.4 Å². The van der Waals surface area contributed by atoms with Crippen LogP contribution in [0.15, 0.2) is 48.5 Å². The van der Waals surface area contributed by atoms with Crippen LogP contribution >= 0.6 is 0 Å². The number of rotatable bonds is 5. The van der Waals surface area contributed by atoms with Crippen molar-refractivity contribution in [1.82, 2.24) is 0 Å². The van der Waals surface area contributed by atoms with Crippen molar-refractivity contribution in [2.45, 2.75) is 20.8 Å². The molecule has 0 saturated heterocycles. The van der Waals surface area contributed by atoms with Crippen LogP contribution in [0.5, 0.6) is 0 Å². The number of carbonyl (C=O) groups excluding carboxylic acids is 3. The molecule has 0 N–H and O–H groups in total. The number of benzene rings is 2. The zero-order valence-corrected chi connectivity index (χ0v) is 15.4. The first-order valence-electron chi connectivity index (χ1n) is 7.67. The van der Waals surface area contributed by atoms with Gasteiger partial charge in [-0.25, -0.2) is 4.39 Å². The summed E-state index contributed by atoms with van der Waals surface area (Å²) in [5.41, 5.74) is 1.52. The highest BCUT2D eigenvalue weighted by atomic mass is 28.4. The van der Waals surface area contributed by atoms with Crippen molar-refractivity contribution >= 4 is 31.9 Å². The minimum atomic E-state index is -4.10. The van der Waals surface area contributed by atoms with E-state index in [1.165, 1.54) is 12.1 Å². The van der Waals surface area contributed by atoms with Crippen LogP contribution in [0.25, 0.3) is 11.1 Å². The predicted octanol–water partition coefficient (Wildman–Crippen LogP) is 2.33. The van der Waals surface area contributed by atoms with E-state index in [0.29, 0.717) is 0 Å². The van der Waals surface area contributed by atoms with Crippen LogP contribution in [0.1, 0.15) is 20.8 Å². The number of hydrogen-bond acceptors (Lipinski definition) is 6. The van der Waals surface area contributed by atoms with Gasteiger partial charge in [0.05, 0.1) is 5.19 Å². The lowest BCUT2D eigenvalue weighted by atomic mass is 10.1. The lowest BCUT2D eigenvalue weighted by molar-refractivity contribution is -0.146. The van der Waals surface area contributed by atoms with Gasteiger partial charge in [0, 0.05) is 20.8 Å². The number of halogens is 1. The topological polar surface area (TPSA) is 78.9 Å². The van der Waals surface area contributed by atoms with Gasteiger partial charge in [-0.05, 0) is 23.3 Å². The highest BCUT2D eigenvalue weighted by Crippen LogP contribution is 2.20. The van der Waals surface area contributed by atoms with Crippen LogP contribution in [-0.2, 0) is 27.7 Å². The van der Waals surface area contributed by atoms with Gasteiger partial charge in [-0.15, -0.1) is 0 Å². The zero-order valence-electron chi connectivity index (χ0n) is 14.4. The Balaban J connectivity index is 2.46. The van der Waals surface area contributed by atoms with Gasteiger partial charge in [0.15, 0.2) is 0 Å². The Hall–Kier alpha value is -3.00. The molecule has 6 nitrogen and oxygen atoms in total. The van der Waals surface area contributed by atoms with Gasteiger partial charge in [0.25, 0.3) is 17.9 Å². The Morgan fingerprint density at radius 2 is 1.04 bits per heavy atom. The molecule has 136 valence electrons. The molecule has 0 bridgehead atoms. The third-order valence-electron chi connectivity index (χ3n) is 3.25. The van der Waals surface area contributed by atoms with Crippen molar-refractivity contribution < 1.29 is 32.1 Å². The maximum Gasteiger partial charge on any atom is 0.742 e. The quantitative estimate of drug-likeness (QED) is 0.746. The highest BCUT2D eigenvalue weighted by molar-refractivity contribution is 6.79. The van der Waals surface area contributed by atoms with Crippen molar-refractivity contribution in [2.75, 3.05) is 0 Å². The van der Waals surface area contributed by atoms with Crippen molar-refractivity contribution in [3.8, 4) is 11.1 Å². The van der Waals surface area contributed by atoms with Gasteiger partial charge in [-0.2, -0.15) is 0 Å². The van der Waals surface area contributed by atoms with Crippen LogP contribution in [0.2, 0.25) is 0 Å². The fourth-order valence-electron chi connectivity index (χ4n) is 2.32. The van der Waals surface area contributed by atoms with E-state index in [4.69, 9.17) is 13.3 Å². The summed E-state index contributed by atoms with van der Waals surface area (Å²) in [4.78, 5) is 34.5. The molecule has 0 saturated carbocycles. The molecule has 0 atom stereocenters. The molecule has 0 radical (unpaired) electrons. The number of hydrogen-bond donors (Lipinski definition) is 0. The summed E-state index contributed by atoms with van der Waals surface area (Å²) in [7, 11) is -4.10. The van der Waals surface area contributed by atoms with Crippen molar-refractivity contribution in [3.63, 3.8) is 0 Å².